The number of anilines is 1. The van der Waals surface area contributed by atoms with Crippen LogP contribution in [0.2, 0.25) is 0 Å². The molecule has 0 fully saturated rings. The number of urea groups is 1. The summed E-state index contributed by atoms with van der Waals surface area (Å²) in [5.74, 6) is 0.136. The summed E-state index contributed by atoms with van der Waals surface area (Å²) in [7, 11) is 0. The summed E-state index contributed by atoms with van der Waals surface area (Å²) in [4.78, 5) is 22.5. The standard InChI is InChI=1S/C16H22N2O2/c1-11(2)14-8-7-12(3)15(10-14)18-16(20)17-9-5-6-13(4)19/h7-8,10H,1,5-6,9H2,2-4H3,(H2,17,18,20). The smallest absolute Gasteiger partial charge is 0.319 e. The van der Waals surface area contributed by atoms with Crippen LogP contribution in [0.4, 0.5) is 10.5 Å². The van der Waals surface area contributed by atoms with Crippen molar-refractivity contribution in [2.75, 3.05) is 11.9 Å². The van der Waals surface area contributed by atoms with Gasteiger partial charge in [0, 0.05) is 18.7 Å². The van der Waals surface area contributed by atoms with Gasteiger partial charge in [-0.1, -0.05) is 24.3 Å². The van der Waals surface area contributed by atoms with Gasteiger partial charge in [0.1, 0.15) is 5.78 Å². The molecule has 2 amide bonds. The molecular formula is C16H22N2O2. The average molecular weight is 274 g/mol. The van der Waals surface area contributed by atoms with E-state index in [1.807, 2.05) is 32.0 Å². The highest BCUT2D eigenvalue weighted by atomic mass is 16.2. The molecule has 0 saturated carbocycles. The van der Waals surface area contributed by atoms with Crippen LogP contribution in [-0.4, -0.2) is 18.4 Å². The lowest BCUT2D eigenvalue weighted by atomic mass is 10.1. The molecule has 0 aromatic heterocycles. The number of benzene rings is 1. The van der Waals surface area contributed by atoms with Crippen molar-refractivity contribution in [3.05, 3.63) is 35.9 Å². The van der Waals surface area contributed by atoms with Crippen molar-refractivity contribution >= 4 is 23.1 Å². The Morgan fingerprint density at radius 2 is 1.95 bits per heavy atom. The van der Waals surface area contributed by atoms with E-state index in [9.17, 15) is 9.59 Å². The monoisotopic (exact) mass is 274 g/mol. The van der Waals surface area contributed by atoms with Gasteiger partial charge in [0.25, 0.3) is 0 Å². The van der Waals surface area contributed by atoms with Crippen molar-refractivity contribution in [3.63, 3.8) is 0 Å². The number of Topliss-reactive ketones (excluding diaryl/α,β-unsaturated/α-hetero) is 1. The molecule has 0 aliphatic heterocycles. The maximum atomic E-state index is 11.8. The number of ketones is 1. The van der Waals surface area contributed by atoms with Crippen molar-refractivity contribution in [1.82, 2.24) is 5.32 Å². The van der Waals surface area contributed by atoms with Gasteiger partial charge in [0.05, 0.1) is 0 Å². The maximum Gasteiger partial charge on any atom is 0.319 e. The van der Waals surface area contributed by atoms with Gasteiger partial charge >= 0.3 is 6.03 Å². The van der Waals surface area contributed by atoms with E-state index in [0.29, 0.717) is 19.4 Å². The molecule has 0 saturated heterocycles. The molecular weight excluding hydrogens is 252 g/mol. The second kappa shape index (κ2) is 7.48. The molecule has 0 heterocycles. The first-order valence-corrected chi connectivity index (χ1v) is 6.71. The number of hydrogen-bond donors (Lipinski definition) is 2. The number of amides is 2. The van der Waals surface area contributed by atoms with E-state index in [4.69, 9.17) is 0 Å². The van der Waals surface area contributed by atoms with Gasteiger partial charge in [-0.3, -0.25) is 0 Å². The van der Waals surface area contributed by atoms with E-state index in [0.717, 1.165) is 22.4 Å². The molecule has 0 aliphatic carbocycles. The zero-order valence-corrected chi connectivity index (χ0v) is 12.4. The highest BCUT2D eigenvalue weighted by Crippen LogP contribution is 2.20. The van der Waals surface area contributed by atoms with Crippen LogP contribution in [0.5, 0.6) is 0 Å². The van der Waals surface area contributed by atoms with E-state index in [2.05, 4.69) is 17.2 Å². The Balaban J connectivity index is 2.55. The van der Waals surface area contributed by atoms with Gasteiger partial charge in [0.15, 0.2) is 0 Å². The normalized spacial score (nSPS) is 9.95. The number of carbonyl (C=O) groups excluding carboxylic acids is 2. The average Bonchev–Trinajstić information content (AvgIpc) is 2.37. The number of rotatable bonds is 6. The first kappa shape index (κ1) is 16.0. The van der Waals surface area contributed by atoms with E-state index in [1.54, 1.807) is 6.92 Å². The zero-order chi connectivity index (χ0) is 15.1. The fourth-order valence-electron chi connectivity index (χ4n) is 1.73. The van der Waals surface area contributed by atoms with E-state index in [-0.39, 0.29) is 11.8 Å². The number of hydrogen-bond acceptors (Lipinski definition) is 2. The predicted molar refractivity (Wildman–Crippen MR) is 82.8 cm³/mol. The van der Waals surface area contributed by atoms with Crippen LogP contribution < -0.4 is 10.6 Å². The fourth-order valence-corrected chi connectivity index (χ4v) is 1.73. The number of aryl methyl sites for hydroxylation is 1. The Labute approximate surface area is 120 Å². The highest BCUT2D eigenvalue weighted by Gasteiger charge is 2.05. The van der Waals surface area contributed by atoms with Crippen LogP contribution in [0.25, 0.3) is 5.57 Å². The van der Waals surface area contributed by atoms with Crippen molar-refractivity contribution in [1.29, 1.82) is 0 Å². The summed E-state index contributed by atoms with van der Waals surface area (Å²) in [5, 5.41) is 5.56. The summed E-state index contributed by atoms with van der Waals surface area (Å²) < 4.78 is 0. The van der Waals surface area contributed by atoms with Gasteiger partial charge in [-0.05, 0) is 44.4 Å². The molecule has 1 rings (SSSR count). The predicted octanol–water partition coefficient (Wildman–Crippen LogP) is 3.52. The van der Waals surface area contributed by atoms with Crippen LogP contribution in [0, 0.1) is 6.92 Å². The largest absolute Gasteiger partial charge is 0.338 e. The first-order valence-electron chi connectivity index (χ1n) is 6.71. The van der Waals surface area contributed by atoms with E-state index in [1.165, 1.54) is 0 Å². The lowest BCUT2D eigenvalue weighted by Gasteiger charge is -2.11. The molecule has 0 radical (unpaired) electrons. The molecule has 4 heteroatoms. The van der Waals surface area contributed by atoms with Crippen molar-refractivity contribution in [2.45, 2.75) is 33.6 Å². The van der Waals surface area contributed by atoms with Crippen molar-refractivity contribution in [2.24, 2.45) is 0 Å². The molecule has 108 valence electrons. The second-order valence-electron chi connectivity index (χ2n) is 5.00. The van der Waals surface area contributed by atoms with Gasteiger partial charge in [-0.15, -0.1) is 0 Å². The van der Waals surface area contributed by atoms with E-state index >= 15 is 0 Å². The summed E-state index contributed by atoms with van der Waals surface area (Å²) >= 11 is 0. The third kappa shape index (κ3) is 5.26. The Morgan fingerprint density at radius 1 is 1.25 bits per heavy atom. The zero-order valence-electron chi connectivity index (χ0n) is 12.4. The molecule has 20 heavy (non-hydrogen) atoms. The van der Waals surface area contributed by atoms with Gasteiger partial charge in [-0.2, -0.15) is 0 Å². The minimum Gasteiger partial charge on any atom is -0.338 e. The topological polar surface area (TPSA) is 58.2 Å². The lowest BCUT2D eigenvalue weighted by Crippen LogP contribution is -2.30. The minimum absolute atomic E-state index is 0.136. The van der Waals surface area contributed by atoms with Crippen LogP contribution in [0.3, 0.4) is 0 Å². The molecule has 0 unspecified atom stereocenters. The Bertz CT molecular complexity index is 521. The third-order valence-electron chi connectivity index (χ3n) is 2.97. The van der Waals surface area contributed by atoms with Gasteiger partial charge in [0.2, 0.25) is 0 Å². The van der Waals surface area contributed by atoms with Crippen LogP contribution >= 0.6 is 0 Å². The number of nitrogens with one attached hydrogen (secondary N) is 2. The maximum absolute atomic E-state index is 11.8. The summed E-state index contributed by atoms with van der Waals surface area (Å²) in [6.07, 6.45) is 1.15. The second-order valence-corrected chi connectivity index (χ2v) is 5.00. The Hall–Kier alpha value is -2.10. The van der Waals surface area contributed by atoms with Crippen molar-refractivity contribution in [3.8, 4) is 0 Å². The Morgan fingerprint density at radius 3 is 2.55 bits per heavy atom. The number of carbonyl (C=O) groups is 2. The van der Waals surface area contributed by atoms with Gasteiger partial charge < -0.3 is 15.4 Å². The van der Waals surface area contributed by atoms with Crippen LogP contribution in [-0.2, 0) is 4.79 Å². The fraction of sp³-hybridized carbons (Fsp3) is 0.375. The highest BCUT2D eigenvalue weighted by molar-refractivity contribution is 5.90. The number of allylic oxidation sites excluding steroid dienone is 1. The molecule has 1 aromatic rings. The van der Waals surface area contributed by atoms with Gasteiger partial charge in [-0.25, -0.2) is 4.79 Å². The molecule has 0 aliphatic rings. The van der Waals surface area contributed by atoms with Crippen LogP contribution in [0.15, 0.2) is 24.8 Å². The first-order chi connectivity index (χ1) is 9.40. The summed E-state index contributed by atoms with van der Waals surface area (Å²) in [6, 6.07) is 5.59. The van der Waals surface area contributed by atoms with Crippen molar-refractivity contribution < 1.29 is 9.59 Å². The van der Waals surface area contributed by atoms with E-state index < -0.39 is 0 Å². The third-order valence-corrected chi connectivity index (χ3v) is 2.97. The molecule has 0 spiro atoms. The molecule has 1 aromatic carbocycles. The summed E-state index contributed by atoms with van der Waals surface area (Å²) in [6.45, 7) is 9.80. The SMILES string of the molecule is C=C(C)c1ccc(C)c(NC(=O)NCCCC(C)=O)c1. The molecule has 4 nitrogen and oxygen atoms in total. The minimum atomic E-state index is -0.254. The van der Waals surface area contributed by atoms with Crippen LogP contribution in [0.1, 0.15) is 37.8 Å². The molecule has 2 N–H and O–H groups in total. The Kier molecular flexibility index (Phi) is 5.97. The quantitative estimate of drug-likeness (QED) is 0.780. The molecule has 0 atom stereocenters. The molecule has 0 bridgehead atoms. The summed E-state index contributed by atoms with van der Waals surface area (Å²) in [5.41, 5.74) is 3.72. The lowest BCUT2D eigenvalue weighted by molar-refractivity contribution is -0.117.